The van der Waals surface area contributed by atoms with Crippen molar-refractivity contribution in [3.63, 3.8) is 0 Å². The molecule has 0 unspecified atom stereocenters. The number of likely N-dealkylation sites (N-methyl/N-ethyl adjacent to an activating group) is 1. The summed E-state index contributed by atoms with van der Waals surface area (Å²) in [5, 5.41) is 4.71. The van der Waals surface area contributed by atoms with Gasteiger partial charge in [0.1, 0.15) is 6.54 Å². The van der Waals surface area contributed by atoms with Gasteiger partial charge in [0.2, 0.25) is 5.91 Å². The molecule has 0 aliphatic carbocycles. The predicted molar refractivity (Wildman–Crippen MR) is 112 cm³/mol. The largest absolute Gasteiger partial charge is 0.378 e. The summed E-state index contributed by atoms with van der Waals surface area (Å²) in [7, 11) is 5.57. The summed E-state index contributed by atoms with van der Waals surface area (Å²) in [5.41, 5.74) is 6.96. The Bertz CT molecular complexity index is 1120. The minimum atomic E-state index is -0.753. The molecule has 0 radical (unpaired) electrons. The molecule has 0 saturated carbocycles. The molecule has 0 fully saturated rings. The number of nitrogens with zero attached hydrogens (tertiary/aromatic N) is 4. The number of aromatic nitrogens is 2. The van der Waals surface area contributed by atoms with Crippen LogP contribution in [0.25, 0.3) is 10.8 Å². The Labute approximate surface area is 168 Å². The predicted octanol–water partition coefficient (Wildman–Crippen LogP) is 1.22. The topological polar surface area (TPSA) is 102 Å². The van der Waals surface area contributed by atoms with E-state index >= 15 is 0 Å². The first-order valence-corrected chi connectivity index (χ1v) is 9.08. The van der Waals surface area contributed by atoms with Gasteiger partial charge in [-0.2, -0.15) is 5.10 Å². The monoisotopic (exact) mass is 393 g/mol. The Kier molecular flexibility index (Phi) is 5.63. The molecule has 0 saturated heterocycles. The molecule has 2 aromatic carbocycles. The first kappa shape index (κ1) is 20.1. The number of carbonyl (C=O) groups is 2. The molecule has 2 N–H and O–H groups in total. The van der Waals surface area contributed by atoms with Crippen LogP contribution in [0.3, 0.4) is 0 Å². The second-order valence-corrected chi connectivity index (χ2v) is 7.03. The number of benzene rings is 2. The number of amides is 2. The van der Waals surface area contributed by atoms with Crippen molar-refractivity contribution in [2.75, 3.05) is 26.0 Å². The highest BCUT2D eigenvalue weighted by Crippen LogP contribution is 2.14. The SMILES string of the molecule is CN(Cc1ccc(N(C)C)cc1)C(=O)Cn1nc(C(N)=O)c2ccccc2c1=O. The van der Waals surface area contributed by atoms with E-state index in [1.807, 2.05) is 43.3 Å². The number of carbonyl (C=O) groups excluding carboxylic acids is 2. The standard InChI is InChI=1S/C21H23N5O3/c1-24(2)15-10-8-14(9-11-15)12-25(3)18(27)13-26-21(29)17-7-5-4-6-16(17)19(23-26)20(22)28/h4-11H,12-13H2,1-3H3,(H2,22,28). The molecule has 3 aromatic rings. The number of hydrogen-bond donors (Lipinski definition) is 1. The number of primary amides is 1. The normalized spacial score (nSPS) is 10.7. The van der Waals surface area contributed by atoms with E-state index in [2.05, 4.69) is 5.10 Å². The second kappa shape index (κ2) is 8.14. The van der Waals surface area contributed by atoms with E-state index in [9.17, 15) is 14.4 Å². The van der Waals surface area contributed by atoms with Gasteiger partial charge in [-0.25, -0.2) is 4.68 Å². The zero-order valence-corrected chi connectivity index (χ0v) is 16.6. The van der Waals surface area contributed by atoms with Crippen LogP contribution in [0.15, 0.2) is 53.3 Å². The molecule has 8 nitrogen and oxygen atoms in total. The fourth-order valence-corrected chi connectivity index (χ4v) is 3.03. The summed E-state index contributed by atoms with van der Waals surface area (Å²) >= 11 is 0. The molecule has 0 bridgehead atoms. The number of hydrogen-bond acceptors (Lipinski definition) is 5. The molecule has 1 heterocycles. The van der Waals surface area contributed by atoms with Crippen LogP contribution >= 0.6 is 0 Å². The van der Waals surface area contributed by atoms with Crippen molar-refractivity contribution in [3.8, 4) is 0 Å². The lowest BCUT2D eigenvalue weighted by molar-refractivity contribution is -0.131. The van der Waals surface area contributed by atoms with Gasteiger partial charge in [0.05, 0.1) is 5.39 Å². The summed E-state index contributed by atoms with van der Waals surface area (Å²) < 4.78 is 0.996. The van der Waals surface area contributed by atoms with Crippen molar-refractivity contribution in [1.29, 1.82) is 0 Å². The molecule has 0 spiro atoms. The smallest absolute Gasteiger partial charge is 0.275 e. The number of anilines is 1. The fourth-order valence-electron chi connectivity index (χ4n) is 3.03. The molecule has 0 aliphatic rings. The van der Waals surface area contributed by atoms with E-state index in [4.69, 9.17) is 5.73 Å². The average molecular weight is 393 g/mol. The molecule has 0 aliphatic heterocycles. The van der Waals surface area contributed by atoms with Crippen LogP contribution in [0.5, 0.6) is 0 Å². The van der Waals surface area contributed by atoms with Crippen molar-refractivity contribution in [2.24, 2.45) is 5.73 Å². The van der Waals surface area contributed by atoms with Gasteiger partial charge in [-0.05, 0) is 23.8 Å². The Morgan fingerprint density at radius 2 is 1.62 bits per heavy atom. The van der Waals surface area contributed by atoms with Crippen LogP contribution < -0.4 is 16.2 Å². The number of fused-ring (bicyclic) bond motifs is 1. The molecule has 150 valence electrons. The van der Waals surface area contributed by atoms with Gasteiger partial charge < -0.3 is 15.5 Å². The molecule has 8 heteroatoms. The molecule has 29 heavy (non-hydrogen) atoms. The maximum absolute atomic E-state index is 12.7. The maximum Gasteiger partial charge on any atom is 0.275 e. The van der Waals surface area contributed by atoms with E-state index in [1.165, 1.54) is 4.90 Å². The fraction of sp³-hybridized carbons (Fsp3) is 0.238. The van der Waals surface area contributed by atoms with Gasteiger partial charge in [0, 0.05) is 38.8 Å². The molecular weight excluding hydrogens is 370 g/mol. The van der Waals surface area contributed by atoms with Crippen LogP contribution in [0.2, 0.25) is 0 Å². The molecule has 3 rings (SSSR count). The van der Waals surface area contributed by atoms with Crippen LogP contribution in [0.4, 0.5) is 5.69 Å². The van der Waals surface area contributed by atoms with E-state index in [1.54, 1.807) is 31.3 Å². The third kappa shape index (κ3) is 4.26. The van der Waals surface area contributed by atoms with Crippen LogP contribution in [0.1, 0.15) is 16.1 Å². The van der Waals surface area contributed by atoms with Crippen molar-refractivity contribution in [2.45, 2.75) is 13.1 Å². The molecule has 0 atom stereocenters. The number of rotatable bonds is 6. The summed E-state index contributed by atoms with van der Waals surface area (Å²) in [4.78, 5) is 40.6. The summed E-state index contributed by atoms with van der Waals surface area (Å²) in [6, 6.07) is 14.4. The van der Waals surface area contributed by atoms with Crippen molar-refractivity contribution in [1.82, 2.24) is 14.7 Å². The number of nitrogens with two attached hydrogens (primary N) is 1. The third-order valence-electron chi connectivity index (χ3n) is 4.68. The summed E-state index contributed by atoms with van der Waals surface area (Å²) in [5.74, 6) is -1.06. The summed E-state index contributed by atoms with van der Waals surface area (Å²) in [6.45, 7) is 0.105. The van der Waals surface area contributed by atoms with Crippen LogP contribution in [0, 0.1) is 0 Å². The maximum atomic E-state index is 12.7. The minimum Gasteiger partial charge on any atom is -0.378 e. The Hall–Kier alpha value is -3.68. The third-order valence-corrected chi connectivity index (χ3v) is 4.68. The Morgan fingerprint density at radius 3 is 2.21 bits per heavy atom. The van der Waals surface area contributed by atoms with E-state index < -0.39 is 11.5 Å². The lowest BCUT2D eigenvalue weighted by Gasteiger charge is -2.19. The quantitative estimate of drug-likeness (QED) is 0.679. The van der Waals surface area contributed by atoms with Crippen molar-refractivity contribution < 1.29 is 9.59 Å². The van der Waals surface area contributed by atoms with Crippen molar-refractivity contribution in [3.05, 3.63) is 70.1 Å². The molecule has 2 amide bonds. The molecule has 1 aromatic heterocycles. The lowest BCUT2D eigenvalue weighted by Crippen LogP contribution is -2.36. The van der Waals surface area contributed by atoms with Crippen molar-refractivity contribution >= 4 is 28.3 Å². The zero-order valence-electron chi connectivity index (χ0n) is 16.6. The van der Waals surface area contributed by atoms with Gasteiger partial charge in [0.15, 0.2) is 5.69 Å². The van der Waals surface area contributed by atoms with E-state index in [0.29, 0.717) is 17.3 Å². The first-order valence-electron chi connectivity index (χ1n) is 9.08. The Morgan fingerprint density at radius 1 is 1.00 bits per heavy atom. The zero-order chi connectivity index (χ0) is 21.1. The van der Waals surface area contributed by atoms with Gasteiger partial charge in [-0.1, -0.05) is 30.3 Å². The summed E-state index contributed by atoms with van der Waals surface area (Å²) in [6.07, 6.45) is 0. The average Bonchev–Trinajstić information content (AvgIpc) is 2.70. The highest BCUT2D eigenvalue weighted by molar-refractivity contribution is 6.04. The highest BCUT2D eigenvalue weighted by Gasteiger charge is 2.17. The highest BCUT2D eigenvalue weighted by atomic mass is 16.2. The van der Waals surface area contributed by atoms with Gasteiger partial charge >= 0.3 is 0 Å². The van der Waals surface area contributed by atoms with E-state index in [-0.39, 0.29) is 18.1 Å². The minimum absolute atomic E-state index is 0.0325. The van der Waals surface area contributed by atoms with E-state index in [0.717, 1.165) is 15.9 Å². The lowest BCUT2D eigenvalue weighted by atomic mass is 10.1. The van der Waals surface area contributed by atoms with Gasteiger partial charge in [0.25, 0.3) is 11.5 Å². The van der Waals surface area contributed by atoms with Gasteiger partial charge in [-0.3, -0.25) is 14.4 Å². The first-order chi connectivity index (χ1) is 13.8. The van der Waals surface area contributed by atoms with Crippen LogP contribution in [-0.4, -0.2) is 47.6 Å². The Balaban J connectivity index is 1.82. The molecular formula is C21H23N5O3. The van der Waals surface area contributed by atoms with Crippen LogP contribution in [-0.2, 0) is 17.9 Å². The second-order valence-electron chi connectivity index (χ2n) is 7.03. The van der Waals surface area contributed by atoms with Gasteiger partial charge in [-0.15, -0.1) is 0 Å².